The number of aromatic nitrogens is 1. The number of amides is 2. The second-order valence-electron chi connectivity index (χ2n) is 7.06. The summed E-state index contributed by atoms with van der Waals surface area (Å²) >= 11 is 1.34. The summed E-state index contributed by atoms with van der Waals surface area (Å²) in [6.07, 6.45) is -2.28. The van der Waals surface area contributed by atoms with Gasteiger partial charge < -0.3 is 10.6 Å². The fourth-order valence-corrected chi connectivity index (χ4v) is 3.92. The zero-order chi connectivity index (χ0) is 24.3. The van der Waals surface area contributed by atoms with Gasteiger partial charge in [0.05, 0.1) is 21.5 Å². The molecule has 0 bridgehead atoms. The molecule has 1 aromatic heterocycles. The summed E-state index contributed by atoms with van der Waals surface area (Å²) in [4.78, 5) is 28.8. The highest BCUT2D eigenvalue weighted by Gasteiger charge is 2.34. The fraction of sp³-hybridized carbons (Fsp3) is 0.0417. The van der Waals surface area contributed by atoms with Crippen molar-refractivity contribution in [1.29, 1.82) is 0 Å². The third-order valence-electron chi connectivity index (χ3n) is 4.63. The van der Waals surface area contributed by atoms with Gasteiger partial charge in [-0.25, -0.2) is 9.37 Å². The molecule has 1 heterocycles. The van der Waals surface area contributed by atoms with Gasteiger partial charge in [-0.1, -0.05) is 12.1 Å². The summed E-state index contributed by atoms with van der Waals surface area (Å²) in [5, 5.41) is 5.08. The minimum absolute atomic E-state index is 0.0762. The van der Waals surface area contributed by atoms with E-state index in [2.05, 4.69) is 15.6 Å². The number of hydrogen-bond donors (Lipinski definition) is 2. The molecule has 0 spiro atoms. The molecule has 34 heavy (non-hydrogen) atoms. The first-order chi connectivity index (χ1) is 16.2. The third-order valence-corrected chi connectivity index (χ3v) is 5.64. The molecule has 0 aliphatic carbocycles. The van der Waals surface area contributed by atoms with Gasteiger partial charge >= 0.3 is 6.18 Å². The maximum absolute atomic E-state index is 13.6. The summed E-state index contributed by atoms with van der Waals surface area (Å²) in [6, 6.07) is 14.9. The van der Waals surface area contributed by atoms with Crippen LogP contribution >= 0.6 is 11.3 Å². The predicted octanol–water partition coefficient (Wildman–Crippen LogP) is 6.36. The van der Waals surface area contributed by atoms with Crippen LogP contribution in [0.3, 0.4) is 0 Å². The molecule has 0 radical (unpaired) electrons. The van der Waals surface area contributed by atoms with E-state index >= 15 is 0 Å². The van der Waals surface area contributed by atoms with Gasteiger partial charge in [0.1, 0.15) is 10.8 Å². The highest BCUT2D eigenvalue weighted by Crippen LogP contribution is 2.36. The number of thiazole rings is 1. The van der Waals surface area contributed by atoms with Gasteiger partial charge in [0.2, 0.25) is 5.91 Å². The van der Waals surface area contributed by atoms with Crippen LogP contribution in [0.15, 0.2) is 72.8 Å². The quantitative estimate of drug-likeness (QED) is 0.255. The van der Waals surface area contributed by atoms with E-state index in [1.807, 2.05) is 24.3 Å². The van der Waals surface area contributed by atoms with E-state index in [4.69, 9.17) is 0 Å². The first-order valence-corrected chi connectivity index (χ1v) is 10.6. The standard InChI is InChI=1S/C24H15F4N3O2S/c25-15-7-5-14(6-8-15)23(33)29-16-9-10-18(17(13-16)24(26,27)28)30-21(32)11-12-22-31-19-3-1-2-4-20(19)34-22/h1-13H,(H,29,33)(H,30,32)/b12-11+. The number of carbonyl (C=O) groups excluding carboxylic acids is 2. The molecular weight excluding hydrogens is 470 g/mol. The maximum Gasteiger partial charge on any atom is 0.418 e. The minimum atomic E-state index is -4.80. The molecule has 2 N–H and O–H groups in total. The molecule has 4 aromatic rings. The van der Waals surface area contributed by atoms with Crippen molar-refractivity contribution < 1.29 is 27.2 Å². The van der Waals surface area contributed by atoms with Crippen LogP contribution in [0.5, 0.6) is 0 Å². The van der Waals surface area contributed by atoms with Gasteiger partial charge in [-0.15, -0.1) is 11.3 Å². The molecule has 10 heteroatoms. The van der Waals surface area contributed by atoms with Gasteiger partial charge in [-0.2, -0.15) is 13.2 Å². The molecule has 5 nitrogen and oxygen atoms in total. The summed E-state index contributed by atoms with van der Waals surface area (Å²) in [6.45, 7) is 0. The van der Waals surface area contributed by atoms with Crippen LogP contribution in [0.4, 0.5) is 28.9 Å². The second-order valence-corrected chi connectivity index (χ2v) is 8.12. The first-order valence-electron chi connectivity index (χ1n) is 9.82. The Hall–Kier alpha value is -4.05. The number of nitrogens with zero attached hydrogens (tertiary/aromatic N) is 1. The zero-order valence-corrected chi connectivity index (χ0v) is 18.0. The number of benzene rings is 3. The fourth-order valence-electron chi connectivity index (χ4n) is 3.05. The molecule has 3 aromatic carbocycles. The van der Waals surface area contributed by atoms with Gasteiger partial charge in [-0.3, -0.25) is 9.59 Å². The third kappa shape index (κ3) is 5.46. The lowest BCUT2D eigenvalue weighted by Gasteiger charge is -2.15. The average Bonchev–Trinajstić information content (AvgIpc) is 3.21. The maximum atomic E-state index is 13.6. The molecule has 2 amide bonds. The molecule has 0 atom stereocenters. The highest BCUT2D eigenvalue weighted by atomic mass is 32.1. The molecule has 0 aliphatic rings. The largest absolute Gasteiger partial charge is 0.418 e. The number of fused-ring (bicyclic) bond motifs is 1. The van der Waals surface area contributed by atoms with Crippen LogP contribution in [-0.2, 0) is 11.0 Å². The van der Waals surface area contributed by atoms with E-state index in [1.54, 1.807) is 0 Å². The van der Waals surface area contributed by atoms with Crippen LogP contribution in [0.2, 0.25) is 0 Å². The van der Waals surface area contributed by atoms with Gasteiger partial charge in [0, 0.05) is 17.3 Å². The number of anilines is 2. The van der Waals surface area contributed by atoms with Crippen LogP contribution in [0.1, 0.15) is 20.9 Å². The Bertz CT molecular complexity index is 1360. The van der Waals surface area contributed by atoms with Crippen molar-refractivity contribution in [3.63, 3.8) is 0 Å². The van der Waals surface area contributed by atoms with E-state index in [0.717, 1.165) is 34.5 Å². The number of para-hydroxylation sites is 1. The SMILES string of the molecule is O=C(/C=C/c1nc2ccccc2s1)Nc1ccc(NC(=O)c2ccc(F)cc2)cc1C(F)(F)F. The Labute approximate surface area is 194 Å². The normalized spacial score (nSPS) is 11.6. The number of halogens is 4. The van der Waals surface area contributed by atoms with Gasteiger partial charge in [0.15, 0.2) is 0 Å². The molecular formula is C24H15F4N3O2S. The van der Waals surface area contributed by atoms with E-state index in [1.165, 1.54) is 35.6 Å². The van der Waals surface area contributed by atoms with Crippen molar-refractivity contribution in [1.82, 2.24) is 4.98 Å². The van der Waals surface area contributed by atoms with E-state index < -0.39 is 35.1 Å². The Morgan fingerprint density at radius 1 is 0.941 bits per heavy atom. The lowest BCUT2D eigenvalue weighted by atomic mass is 10.1. The number of nitrogens with one attached hydrogen (secondary N) is 2. The van der Waals surface area contributed by atoms with Crippen LogP contribution < -0.4 is 10.6 Å². The average molecular weight is 485 g/mol. The topological polar surface area (TPSA) is 71.1 Å². The number of alkyl halides is 3. The molecule has 4 rings (SSSR count). The van der Waals surface area contributed by atoms with Gasteiger partial charge in [-0.05, 0) is 60.7 Å². The van der Waals surface area contributed by atoms with Crippen molar-refractivity contribution >= 4 is 50.8 Å². The molecule has 0 saturated heterocycles. The van der Waals surface area contributed by atoms with E-state index in [0.29, 0.717) is 11.1 Å². The van der Waals surface area contributed by atoms with Crippen molar-refractivity contribution in [2.75, 3.05) is 10.6 Å². The molecule has 0 aliphatic heterocycles. The lowest BCUT2D eigenvalue weighted by molar-refractivity contribution is -0.136. The number of rotatable bonds is 5. The summed E-state index contributed by atoms with van der Waals surface area (Å²) in [7, 11) is 0. The smallest absolute Gasteiger partial charge is 0.322 e. The van der Waals surface area contributed by atoms with Crippen molar-refractivity contribution in [3.05, 3.63) is 94.8 Å². The molecule has 172 valence electrons. The van der Waals surface area contributed by atoms with Gasteiger partial charge in [0.25, 0.3) is 5.91 Å². The van der Waals surface area contributed by atoms with E-state index in [-0.39, 0.29) is 11.3 Å². The monoisotopic (exact) mass is 485 g/mol. The second kappa shape index (κ2) is 9.44. The predicted molar refractivity (Wildman–Crippen MR) is 123 cm³/mol. The van der Waals surface area contributed by atoms with Crippen molar-refractivity contribution in [2.45, 2.75) is 6.18 Å². The summed E-state index contributed by atoms with van der Waals surface area (Å²) in [5.74, 6) is -2.02. The van der Waals surface area contributed by atoms with Crippen molar-refractivity contribution in [3.8, 4) is 0 Å². The minimum Gasteiger partial charge on any atom is -0.322 e. The van der Waals surface area contributed by atoms with Crippen LogP contribution in [0, 0.1) is 5.82 Å². The first kappa shape index (κ1) is 23.1. The number of carbonyl (C=O) groups is 2. The van der Waals surface area contributed by atoms with E-state index in [9.17, 15) is 27.2 Å². The Balaban J connectivity index is 1.51. The lowest BCUT2D eigenvalue weighted by Crippen LogP contribution is -2.17. The van der Waals surface area contributed by atoms with Crippen LogP contribution in [0.25, 0.3) is 16.3 Å². The Kier molecular flexibility index (Phi) is 6.42. The summed E-state index contributed by atoms with van der Waals surface area (Å²) < 4.78 is 54.8. The summed E-state index contributed by atoms with van der Waals surface area (Å²) in [5.41, 5.74) is -0.903. The molecule has 0 fully saturated rings. The van der Waals surface area contributed by atoms with Crippen LogP contribution in [-0.4, -0.2) is 16.8 Å². The molecule has 0 saturated carbocycles. The number of hydrogen-bond acceptors (Lipinski definition) is 4. The zero-order valence-electron chi connectivity index (χ0n) is 17.2. The molecule has 0 unspecified atom stereocenters. The van der Waals surface area contributed by atoms with Crippen molar-refractivity contribution in [2.24, 2.45) is 0 Å². The Morgan fingerprint density at radius 2 is 1.68 bits per heavy atom. The Morgan fingerprint density at radius 3 is 2.38 bits per heavy atom. The highest BCUT2D eigenvalue weighted by molar-refractivity contribution is 7.19.